The maximum absolute atomic E-state index is 5.67. The largest absolute Gasteiger partial charge is 0.376 e. The molecule has 0 aliphatic carbocycles. The van der Waals surface area contributed by atoms with Crippen molar-refractivity contribution >= 4 is 0 Å². The van der Waals surface area contributed by atoms with E-state index < -0.39 is 0 Å². The van der Waals surface area contributed by atoms with Gasteiger partial charge in [0.1, 0.15) is 0 Å². The van der Waals surface area contributed by atoms with Gasteiger partial charge in [-0.25, -0.2) is 0 Å². The van der Waals surface area contributed by atoms with Crippen molar-refractivity contribution in [2.75, 3.05) is 33.8 Å². The van der Waals surface area contributed by atoms with Gasteiger partial charge in [-0.2, -0.15) is 0 Å². The monoisotopic (exact) mass is 186 g/mol. The molecule has 0 bridgehead atoms. The Morgan fingerprint density at radius 2 is 2.31 bits per heavy atom. The third-order valence-electron chi connectivity index (χ3n) is 2.74. The zero-order chi connectivity index (χ0) is 9.68. The Labute approximate surface area is 81.4 Å². The summed E-state index contributed by atoms with van der Waals surface area (Å²) in [6.07, 6.45) is 2.77. The summed E-state index contributed by atoms with van der Waals surface area (Å²) in [6.45, 7) is 5.13. The fourth-order valence-electron chi connectivity index (χ4n) is 1.82. The molecule has 2 unspecified atom stereocenters. The van der Waals surface area contributed by atoms with Crippen molar-refractivity contribution in [3.8, 4) is 0 Å². The third kappa shape index (κ3) is 3.63. The topological polar surface area (TPSA) is 24.5 Å². The molecule has 0 saturated carbocycles. The summed E-state index contributed by atoms with van der Waals surface area (Å²) in [5.41, 5.74) is 0. The summed E-state index contributed by atoms with van der Waals surface area (Å²) in [5.74, 6) is 0. The molecule has 1 N–H and O–H groups in total. The highest BCUT2D eigenvalue weighted by Gasteiger charge is 2.19. The van der Waals surface area contributed by atoms with Gasteiger partial charge in [-0.3, -0.25) is 0 Å². The van der Waals surface area contributed by atoms with Crippen LogP contribution < -0.4 is 5.32 Å². The lowest BCUT2D eigenvalue weighted by molar-refractivity contribution is 0.00886. The lowest BCUT2D eigenvalue weighted by Gasteiger charge is -2.30. The van der Waals surface area contributed by atoms with Crippen molar-refractivity contribution in [1.82, 2.24) is 10.2 Å². The molecule has 1 aliphatic rings. The van der Waals surface area contributed by atoms with Crippen molar-refractivity contribution in [1.29, 1.82) is 0 Å². The smallest absolute Gasteiger partial charge is 0.0715 e. The van der Waals surface area contributed by atoms with E-state index in [1.165, 1.54) is 6.42 Å². The van der Waals surface area contributed by atoms with E-state index in [-0.39, 0.29) is 0 Å². The van der Waals surface area contributed by atoms with Crippen LogP contribution in [0, 0.1) is 0 Å². The zero-order valence-corrected chi connectivity index (χ0v) is 9.05. The Morgan fingerprint density at radius 1 is 1.54 bits per heavy atom. The van der Waals surface area contributed by atoms with E-state index >= 15 is 0 Å². The van der Waals surface area contributed by atoms with Crippen molar-refractivity contribution in [3.63, 3.8) is 0 Å². The predicted molar refractivity (Wildman–Crippen MR) is 55.0 cm³/mol. The maximum atomic E-state index is 5.67. The molecule has 0 amide bonds. The van der Waals surface area contributed by atoms with Gasteiger partial charge in [0.15, 0.2) is 0 Å². The van der Waals surface area contributed by atoms with Gasteiger partial charge in [0.25, 0.3) is 0 Å². The van der Waals surface area contributed by atoms with Crippen molar-refractivity contribution < 1.29 is 4.74 Å². The van der Waals surface area contributed by atoms with Crippen molar-refractivity contribution in [3.05, 3.63) is 0 Å². The number of morpholine rings is 1. The summed E-state index contributed by atoms with van der Waals surface area (Å²) in [4.78, 5) is 2.29. The SMILES string of the molecule is CCC(CC1CNCCO1)N(C)C. The lowest BCUT2D eigenvalue weighted by Crippen LogP contribution is -2.42. The molecule has 1 rings (SSSR count). The fraction of sp³-hybridized carbons (Fsp3) is 1.00. The number of hydrogen-bond donors (Lipinski definition) is 1. The highest BCUT2D eigenvalue weighted by atomic mass is 16.5. The molecular weight excluding hydrogens is 164 g/mol. The second-order valence-electron chi connectivity index (χ2n) is 3.96. The van der Waals surface area contributed by atoms with E-state index in [4.69, 9.17) is 4.74 Å². The van der Waals surface area contributed by atoms with Crippen LogP contribution in [-0.2, 0) is 4.74 Å². The van der Waals surface area contributed by atoms with Gasteiger partial charge < -0.3 is 15.0 Å². The highest BCUT2D eigenvalue weighted by molar-refractivity contribution is 4.74. The van der Waals surface area contributed by atoms with E-state index in [9.17, 15) is 0 Å². The molecule has 78 valence electrons. The summed E-state index contributed by atoms with van der Waals surface area (Å²) in [6, 6.07) is 0.657. The molecule has 3 heteroatoms. The molecule has 1 aliphatic heterocycles. The first-order chi connectivity index (χ1) is 6.24. The van der Waals surface area contributed by atoms with Crippen molar-refractivity contribution in [2.24, 2.45) is 0 Å². The second kappa shape index (κ2) is 5.58. The van der Waals surface area contributed by atoms with Crippen LogP contribution in [0.3, 0.4) is 0 Å². The number of rotatable bonds is 4. The zero-order valence-electron chi connectivity index (χ0n) is 9.05. The molecule has 1 saturated heterocycles. The lowest BCUT2D eigenvalue weighted by atomic mass is 10.1. The highest BCUT2D eigenvalue weighted by Crippen LogP contribution is 2.11. The van der Waals surface area contributed by atoms with Gasteiger partial charge in [0.2, 0.25) is 0 Å². The van der Waals surface area contributed by atoms with Crippen LogP contribution >= 0.6 is 0 Å². The minimum atomic E-state index is 0.418. The number of hydrogen-bond acceptors (Lipinski definition) is 3. The van der Waals surface area contributed by atoms with Crippen LogP contribution in [0.5, 0.6) is 0 Å². The molecule has 0 aromatic heterocycles. The summed E-state index contributed by atoms with van der Waals surface area (Å²) in [5, 5.41) is 3.36. The molecule has 3 nitrogen and oxygen atoms in total. The average molecular weight is 186 g/mol. The minimum Gasteiger partial charge on any atom is -0.376 e. The van der Waals surface area contributed by atoms with Crippen LogP contribution in [0.25, 0.3) is 0 Å². The quantitative estimate of drug-likeness (QED) is 0.699. The number of nitrogens with one attached hydrogen (secondary N) is 1. The maximum Gasteiger partial charge on any atom is 0.0715 e. The Hall–Kier alpha value is -0.120. The second-order valence-corrected chi connectivity index (χ2v) is 3.96. The van der Waals surface area contributed by atoms with Gasteiger partial charge in [-0.15, -0.1) is 0 Å². The molecule has 1 fully saturated rings. The first kappa shape index (κ1) is 11.0. The number of nitrogens with zero attached hydrogens (tertiary/aromatic N) is 1. The molecule has 0 spiro atoms. The Kier molecular flexibility index (Phi) is 4.70. The summed E-state index contributed by atoms with van der Waals surface area (Å²) >= 11 is 0. The average Bonchev–Trinajstić information content (AvgIpc) is 2.15. The van der Waals surface area contributed by atoms with Gasteiger partial charge in [-0.1, -0.05) is 6.92 Å². The van der Waals surface area contributed by atoms with E-state index in [0.717, 1.165) is 26.1 Å². The van der Waals surface area contributed by atoms with Gasteiger partial charge in [0, 0.05) is 19.1 Å². The number of ether oxygens (including phenoxy) is 1. The van der Waals surface area contributed by atoms with E-state index in [1.807, 2.05) is 0 Å². The third-order valence-corrected chi connectivity index (χ3v) is 2.74. The van der Waals surface area contributed by atoms with Crippen LogP contribution in [0.1, 0.15) is 19.8 Å². The Balaban J connectivity index is 2.27. The first-order valence-corrected chi connectivity index (χ1v) is 5.22. The Bertz CT molecular complexity index is 133. The van der Waals surface area contributed by atoms with Crippen LogP contribution in [0.4, 0.5) is 0 Å². The Morgan fingerprint density at radius 3 is 2.77 bits per heavy atom. The van der Waals surface area contributed by atoms with Crippen LogP contribution in [0.15, 0.2) is 0 Å². The van der Waals surface area contributed by atoms with Gasteiger partial charge in [-0.05, 0) is 26.9 Å². The fourth-order valence-corrected chi connectivity index (χ4v) is 1.82. The minimum absolute atomic E-state index is 0.418. The van der Waals surface area contributed by atoms with Gasteiger partial charge >= 0.3 is 0 Å². The summed E-state index contributed by atoms with van der Waals surface area (Å²) in [7, 11) is 4.29. The normalized spacial score (nSPS) is 26.3. The molecule has 0 aromatic rings. The van der Waals surface area contributed by atoms with E-state index in [2.05, 4.69) is 31.2 Å². The first-order valence-electron chi connectivity index (χ1n) is 5.22. The van der Waals surface area contributed by atoms with Crippen LogP contribution in [0.2, 0.25) is 0 Å². The van der Waals surface area contributed by atoms with Gasteiger partial charge in [0.05, 0.1) is 12.7 Å². The van der Waals surface area contributed by atoms with E-state index in [1.54, 1.807) is 0 Å². The molecule has 13 heavy (non-hydrogen) atoms. The summed E-state index contributed by atoms with van der Waals surface area (Å²) < 4.78 is 5.67. The molecule has 2 atom stereocenters. The molecule has 0 aromatic carbocycles. The standard InChI is InChI=1S/C10H22N2O/c1-4-9(12(2)3)7-10-8-11-5-6-13-10/h9-11H,4-8H2,1-3H3. The van der Waals surface area contributed by atoms with Crippen LogP contribution in [-0.4, -0.2) is 50.8 Å². The molecule has 1 heterocycles. The van der Waals surface area contributed by atoms with E-state index in [0.29, 0.717) is 12.1 Å². The predicted octanol–water partition coefficient (Wildman–Crippen LogP) is 0.705. The van der Waals surface area contributed by atoms with Crippen molar-refractivity contribution in [2.45, 2.75) is 31.9 Å². The molecule has 0 radical (unpaired) electrons. The molecular formula is C10H22N2O.